The minimum absolute atomic E-state index is 0.829. The van der Waals surface area contributed by atoms with E-state index in [1.165, 1.54) is 30.4 Å². The monoisotopic (exact) mass is 145 g/mol. The summed E-state index contributed by atoms with van der Waals surface area (Å²) >= 11 is 0. The molecule has 1 radical (unpaired) electrons. The lowest BCUT2D eigenvalue weighted by Crippen LogP contribution is -2.08. The van der Waals surface area contributed by atoms with Gasteiger partial charge in [-0.25, -0.2) is 0 Å². The lowest BCUT2D eigenvalue weighted by molar-refractivity contribution is 0.419. The third-order valence-electron chi connectivity index (χ3n) is 2.52. The van der Waals surface area contributed by atoms with Gasteiger partial charge in [-0.1, -0.05) is 30.2 Å². The summed E-state index contributed by atoms with van der Waals surface area (Å²) in [4.78, 5) is 0. The fourth-order valence-electron chi connectivity index (χ4n) is 1.56. The molecule has 11 heavy (non-hydrogen) atoms. The van der Waals surface area contributed by atoms with Gasteiger partial charge in [0.25, 0.3) is 0 Å². The highest BCUT2D eigenvalue weighted by atomic mass is 14.2. The van der Waals surface area contributed by atoms with Crippen LogP contribution in [0.5, 0.6) is 0 Å². The molecule has 0 heterocycles. The summed E-state index contributed by atoms with van der Waals surface area (Å²) in [6.07, 6.45) is 4.16. The maximum Gasteiger partial charge on any atom is -0.0146 e. The Morgan fingerprint density at radius 3 is 2.82 bits per heavy atom. The maximum atomic E-state index is 3.31. The third-order valence-corrected chi connectivity index (χ3v) is 2.52. The Bertz CT molecular complexity index is 246. The molecule has 1 saturated carbocycles. The van der Waals surface area contributed by atoms with Gasteiger partial charge in [0.1, 0.15) is 0 Å². The first kappa shape index (κ1) is 6.90. The molecular weight excluding hydrogens is 132 g/mol. The average Bonchev–Trinajstić information content (AvgIpc) is 1.83. The Morgan fingerprint density at radius 1 is 1.45 bits per heavy atom. The van der Waals surface area contributed by atoms with Gasteiger partial charge in [0.15, 0.2) is 0 Å². The van der Waals surface area contributed by atoms with Crippen molar-refractivity contribution in [3.05, 3.63) is 35.4 Å². The van der Waals surface area contributed by atoms with E-state index in [0.717, 1.165) is 5.92 Å². The second kappa shape index (κ2) is 2.69. The van der Waals surface area contributed by atoms with Crippen LogP contribution in [0.25, 0.3) is 0 Å². The van der Waals surface area contributed by atoms with Crippen LogP contribution in [0.15, 0.2) is 18.2 Å². The predicted octanol–water partition coefficient (Wildman–Crippen LogP) is 3.06. The molecule has 1 fully saturated rings. The van der Waals surface area contributed by atoms with Gasteiger partial charge in [0.05, 0.1) is 0 Å². The largest absolute Gasteiger partial charge is 0.0587 e. The molecule has 0 saturated heterocycles. The quantitative estimate of drug-likeness (QED) is 0.569. The van der Waals surface area contributed by atoms with Crippen molar-refractivity contribution in [1.29, 1.82) is 0 Å². The molecule has 1 aliphatic rings. The topological polar surface area (TPSA) is 0 Å². The Labute approximate surface area is 68.3 Å². The van der Waals surface area contributed by atoms with Gasteiger partial charge in [0.2, 0.25) is 0 Å². The van der Waals surface area contributed by atoms with Gasteiger partial charge >= 0.3 is 0 Å². The standard InChI is InChI=1S/C11H13/c1-9-4-2-7-11(8-9)10-5-3-6-10/h2,4,8,10H,3,5-6H2,1H3. The van der Waals surface area contributed by atoms with Crippen LogP contribution in [0.4, 0.5) is 0 Å². The smallest absolute Gasteiger partial charge is 0.0146 e. The summed E-state index contributed by atoms with van der Waals surface area (Å²) in [5, 5.41) is 0. The van der Waals surface area contributed by atoms with E-state index in [1.54, 1.807) is 0 Å². The van der Waals surface area contributed by atoms with Crippen LogP contribution in [-0.4, -0.2) is 0 Å². The van der Waals surface area contributed by atoms with Crippen LogP contribution in [0.2, 0.25) is 0 Å². The SMILES string of the molecule is Cc1cc[c]c(C2CCC2)c1. The van der Waals surface area contributed by atoms with E-state index < -0.39 is 0 Å². The number of rotatable bonds is 1. The third kappa shape index (κ3) is 1.30. The minimum Gasteiger partial charge on any atom is -0.0587 e. The van der Waals surface area contributed by atoms with Crippen molar-refractivity contribution < 1.29 is 0 Å². The first-order chi connectivity index (χ1) is 5.36. The van der Waals surface area contributed by atoms with Crippen molar-refractivity contribution in [2.45, 2.75) is 32.1 Å². The predicted molar refractivity (Wildman–Crippen MR) is 46.6 cm³/mol. The molecule has 0 amide bonds. The first-order valence-corrected chi connectivity index (χ1v) is 4.34. The van der Waals surface area contributed by atoms with E-state index in [2.05, 4.69) is 25.1 Å². The molecule has 0 spiro atoms. The summed E-state index contributed by atoms with van der Waals surface area (Å²) in [7, 11) is 0. The lowest BCUT2D eigenvalue weighted by atomic mass is 9.80. The van der Waals surface area contributed by atoms with Crippen molar-refractivity contribution >= 4 is 0 Å². The van der Waals surface area contributed by atoms with Crippen LogP contribution in [0, 0.1) is 13.0 Å². The molecule has 1 aromatic rings. The van der Waals surface area contributed by atoms with Crippen LogP contribution in [0.3, 0.4) is 0 Å². The summed E-state index contributed by atoms with van der Waals surface area (Å²) in [5.74, 6) is 0.829. The maximum absolute atomic E-state index is 3.31. The van der Waals surface area contributed by atoms with E-state index in [0.29, 0.717) is 0 Å². The minimum atomic E-state index is 0.829. The van der Waals surface area contributed by atoms with Gasteiger partial charge in [-0.05, 0) is 37.3 Å². The molecule has 0 aliphatic heterocycles. The molecule has 57 valence electrons. The van der Waals surface area contributed by atoms with Crippen molar-refractivity contribution in [3.63, 3.8) is 0 Å². The Hall–Kier alpha value is -0.780. The van der Waals surface area contributed by atoms with Crippen molar-refractivity contribution in [2.24, 2.45) is 0 Å². The number of aryl methyl sites for hydroxylation is 1. The lowest BCUT2D eigenvalue weighted by Gasteiger charge is -2.25. The second-order valence-corrected chi connectivity index (χ2v) is 3.45. The molecule has 1 aromatic carbocycles. The zero-order valence-corrected chi connectivity index (χ0v) is 6.93. The molecule has 2 rings (SSSR count). The molecule has 1 aliphatic carbocycles. The van der Waals surface area contributed by atoms with Gasteiger partial charge < -0.3 is 0 Å². The highest BCUT2D eigenvalue weighted by Gasteiger charge is 2.18. The molecule has 0 aromatic heterocycles. The van der Waals surface area contributed by atoms with Gasteiger partial charge in [-0.2, -0.15) is 0 Å². The fraction of sp³-hybridized carbons (Fsp3) is 0.455. The van der Waals surface area contributed by atoms with E-state index in [1.807, 2.05) is 6.07 Å². The van der Waals surface area contributed by atoms with Gasteiger partial charge in [0, 0.05) is 0 Å². The summed E-state index contributed by atoms with van der Waals surface area (Å²) < 4.78 is 0. The Kier molecular flexibility index (Phi) is 1.69. The molecular formula is C11H13. The fourth-order valence-corrected chi connectivity index (χ4v) is 1.56. The number of benzene rings is 1. The molecule has 0 bridgehead atoms. The van der Waals surface area contributed by atoms with Crippen LogP contribution >= 0.6 is 0 Å². The zero-order valence-electron chi connectivity index (χ0n) is 6.93. The van der Waals surface area contributed by atoms with E-state index in [4.69, 9.17) is 0 Å². The molecule has 0 atom stereocenters. The number of hydrogen-bond acceptors (Lipinski definition) is 0. The highest BCUT2D eigenvalue weighted by molar-refractivity contribution is 5.25. The summed E-state index contributed by atoms with van der Waals surface area (Å²) in [6, 6.07) is 9.74. The van der Waals surface area contributed by atoms with E-state index in [-0.39, 0.29) is 0 Å². The average molecular weight is 145 g/mol. The van der Waals surface area contributed by atoms with Crippen LogP contribution in [0.1, 0.15) is 36.3 Å². The molecule has 0 heteroatoms. The van der Waals surface area contributed by atoms with Crippen molar-refractivity contribution in [3.8, 4) is 0 Å². The number of hydrogen-bond donors (Lipinski definition) is 0. The first-order valence-electron chi connectivity index (χ1n) is 4.34. The van der Waals surface area contributed by atoms with E-state index >= 15 is 0 Å². The summed E-state index contributed by atoms with van der Waals surface area (Å²) in [5.41, 5.74) is 2.79. The zero-order chi connectivity index (χ0) is 7.68. The molecule has 0 unspecified atom stereocenters. The molecule has 0 N–H and O–H groups in total. The Morgan fingerprint density at radius 2 is 2.27 bits per heavy atom. The van der Waals surface area contributed by atoms with Crippen LogP contribution in [-0.2, 0) is 0 Å². The van der Waals surface area contributed by atoms with Crippen LogP contribution < -0.4 is 0 Å². The highest BCUT2D eigenvalue weighted by Crippen LogP contribution is 2.35. The van der Waals surface area contributed by atoms with Gasteiger partial charge in [-0.3, -0.25) is 0 Å². The summed E-state index contributed by atoms with van der Waals surface area (Å²) in [6.45, 7) is 2.15. The van der Waals surface area contributed by atoms with Crippen molar-refractivity contribution in [1.82, 2.24) is 0 Å². The van der Waals surface area contributed by atoms with Gasteiger partial charge in [-0.15, -0.1) is 0 Å². The Balaban J connectivity index is 2.23. The molecule has 0 nitrogen and oxygen atoms in total. The van der Waals surface area contributed by atoms with Crippen molar-refractivity contribution in [2.75, 3.05) is 0 Å². The van der Waals surface area contributed by atoms with E-state index in [9.17, 15) is 0 Å². The second-order valence-electron chi connectivity index (χ2n) is 3.45. The normalized spacial score (nSPS) is 17.9.